The van der Waals surface area contributed by atoms with Crippen molar-refractivity contribution < 1.29 is 14.1 Å². The molecule has 0 fully saturated rings. The van der Waals surface area contributed by atoms with Crippen LogP contribution in [0, 0.1) is 15.9 Å². The number of halogens is 2. The quantitative estimate of drug-likeness (QED) is 0.687. The van der Waals surface area contributed by atoms with Gasteiger partial charge in [-0.25, -0.2) is 9.37 Å². The molecule has 0 aliphatic carbocycles. The summed E-state index contributed by atoms with van der Waals surface area (Å²) < 4.78 is 14.0. The summed E-state index contributed by atoms with van der Waals surface area (Å²) in [7, 11) is 0. The van der Waals surface area contributed by atoms with Crippen LogP contribution in [0.5, 0.6) is 0 Å². The van der Waals surface area contributed by atoms with Crippen molar-refractivity contribution in [3.05, 3.63) is 62.6 Å². The number of nitrogens with one attached hydrogen (secondary N) is 1. The van der Waals surface area contributed by atoms with Gasteiger partial charge in [-0.15, -0.1) is 0 Å². The Bertz CT molecular complexity index is 693. The Hall–Kier alpha value is -2.35. The number of pyridine rings is 1. The number of anilines is 1. The first-order chi connectivity index (χ1) is 9.50. The third-order valence-electron chi connectivity index (χ3n) is 2.40. The van der Waals surface area contributed by atoms with E-state index in [9.17, 15) is 19.3 Å². The molecule has 0 aliphatic rings. The Kier molecular flexibility index (Phi) is 4.04. The Morgan fingerprint density at radius 2 is 2.10 bits per heavy atom. The van der Waals surface area contributed by atoms with Crippen LogP contribution in [0.4, 0.5) is 15.8 Å². The SMILES string of the molecule is O=C(Nc1c(F)cccc1[N+](=O)[O-])c1ncccc1Br. The van der Waals surface area contributed by atoms with E-state index in [-0.39, 0.29) is 5.69 Å². The van der Waals surface area contributed by atoms with Crippen molar-refractivity contribution in [3.8, 4) is 0 Å². The molecule has 0 saturated heterocycles. The van der Waals surface area contributed by atoms with E-state index in [4.69, 9.17) is 0 Å². The summed E-state index contributed by atoms with van der Waals surface area (Å²) in [5.74, 6) is -1.63. The highest BCUT2D eigenvalue weighted by atomic mass is 79.9. The van der Waals surface area contributed by atoms with Crippen molar-refractivity contribution in [2.75, 3.05) is 5.32 Å². The third kappa shape index (κ3) is 2.80. The molecule has 6 nitrogen and oxygen atoms in total. The number of nitrogens with zero attached hydrogens (tertiary/aromatic N) is 2. The molecule has 102 valence electrons. The molecule has 0 unspecified atom stereocenters. The fourth-order valence-corrected chi connectivity index (χ4v) is 1.95. The van der Waals surface area contributed by atoms with Gasteiger partial charge in [-0.05, 0) is 34.1 Å². The first kappa shape index (κ1) is 14.1. The van der Waals surface area contributed by atoms with Gasteiger partial charge in [-0.2, -0.15) is 0 Å². The minimum Gasteiger partial charge on any atom is -0.312 e. The van der Waals surface area contributed by atoms with Gasteiger partial charge in [0.1, 0.15) is 5.69 Å². The highest BCUT2D eigenvalue weighted by Crippen LogP contribution is 2.27. The van der Waals surface area contributed by atoms with Crippen LogP contribution in [0.1, 0.15) is 10.5 Å². The zero-order chi connectivity index (χ0) is 14.7. The second kappa shape index (κ2) is 5.74. The molecule has 1 N–H and O–H groups in total. The van der Waals surface area contributed by atoms with Crippen LogP contribution in [0.25, 0.3) is 0 Å². The van der Waals surface area contributed by atoms with Crippen molar-refractivity contribution in [1.29, 1.82) is 0 Å². The molecule has 1 aromatic heterocycles. The fraction of sp³-hybridized carbons (Fsp3) is 0. The van der Waals surface area contributed by atoms with Crippen molar-refractivity contribution in [2.45, 2.75) is 0 Å². The van der Waals surface area contributed by atoms with E-state index in [1.54, 1.807) is 12.1 Å². The molecule has 1 heterocycles. The normalized spacial score (nSPS) is 10.1. The zero-order valence-corrected chi connectivity index (χ0v) is 11.4. The summed E-state index contributed by atoms with van der Waals surface area (Å²) in [6.45, 7) is 0. The van der Waals surface area contributed by atoms with Crippen LogP contribution in [-0.2, 0) is 0 Å². The minimum absolute atomic E-state index is 0.00468. The Balaban J connectivity index is 2.38. The molecule has 0 aliphatic heterocycles. The number of hydrogen-bond acceptors (Lipinski definition) is 4. The van der Waals surface area contributed by atoms with Crippen molar-refractivity contribution in [3.63, 3.8) is 0 Å². The van der Waals surface area contributed by atoms with E-state index in [0.717, 1.165) is 12.1 Å². The molecule has 20 heavy (non-hydrogen) atoms. The molecule has 2 rings (SSSR count). The lowest BCUT2D eigenvalue weighted by Gasteiger charge is -2.07. The van der Waals surface area contributed by atoms with Crippen molar-refractivity contribution in [2.24, 2.45) is 0 Å². The second-order valence-corrected chi connectivity index (χ2v) is 4.53. The number of benzene rings is 1. The van der Waals surface area contributed by atoms with E-state index in [2.05, 4.69) is 26.2 Å². The number of carbonyl (C=O) groups is 1. The smallest absolute Gasteiger partial charge is 0.295 e. The highest BCUT2D eigenvalue weighted by molar-refractivity contribution is 9.10. The minimum atomic E-state index is -0.889. The van der Waals surface area contributed by atoms with Crippen molar-refractivity contribution in [1.82, 2.24) is 4.98 Å². The van der Waals surface area contributed by atoms with Gasteiger partial charge in [-0.1, -0.05) is 6.07 Å². The summed E-state index contributed by atoms with van der Waals surface area (Å²) in [5.41, 5.74) is -1.00. The predicted molar refractivity (Wildman–Crippen MR) is 72.9 cm³/mol. The lowest BCUT2D eigenvalue weighted by atomic mass is 10.2. The Morgan fingerprint density at radius 3 is 2.75 bits per heavy atom. The monoisotopic (exact) mass is 339 g/mol. The van der Waals surface area contributed by atoms with Crippen LogP contribution in [0.15, 0.2) is 41.0 Å². The lowest BCUT2D eigenvalue weighted by molar-refractivity contribution is -0.384. The number of carbonyl (C=O) groups excluding carboxylic acids is 1. The summed E-state index contributed by atoms with van der Waals surface area (Å²) in [6.07, 6.45) is 1.38. The highest BCUT2D eigenvalue weighted by Gasteiger charge is 2.21. The second-order valence-electron chi connectivity index (χ2n) is 3.68. The van der Waals surface area contributed by atoms with E-state index >= 15 is 0 Å². The first-order valence-corrected chi connectivity index (χ1v) is 6.15. The maximum Gasteiger partial charge on any atom is 0.295 e. The summed E-state index contributed by atoms with van der Waals surface area (Å²) >= 11 is 3.13. The number of rotatable bonds is 3. The molecule has 0 atom stereocenters. The van der Waals surface area contributed by atoms with Crippen LogP contribution in [0.3, 0.4) is 0 Å². The molecule has 1 amide bonds. The lowest BCUT2D eigenvalue weighted by Crippen LogP contribution is -2.16. The van der Waals surface area contributed by atoms with Gasteiger partial charge in [-0.3, -0.25) is 14.9 Å². The molecular weight excluding hydrogens is 333 g/mol. The predicted octanol–water partition coefficient (Wildman–Crippen LogP) is 3.14. The molecule has 0 radical (unpaired) electrons. The van der Waals surface area contributed by atoms with Crippen molar-refractivity contribution >= 4 is 33.2 Å². The average molecular weight is 340 g/mol. The molecule has 0 bridgehead atoms. The van der Waals surface area contributed by atoms with Gasteiger partial charge in [0.15, 0.2) is 11.5 Å². The first-order valence-electron chi connectivity index (χ1n) is 5.35. The number of hydrogen-bond donors (Lipinski definition) is 1. The van der Waals surface area contributed by atoms with Gasteiger partial charge >= 0.3 is 0 Å². The zero-order valence-electron chi connectivity index (χ0n) is 9.84. The van der Waals surface area contributed by atoms with Gasteiger partial charge < -0.3 is 5.32 Å². The molecule has 8 heteroatoms. The van der Waals surface area contributed by atoms with Gasteiger partial charge in [0.25, 0.3) is 11.6 Å². The fourth-order valence-electron chi connectivity index (χ4n) is 1.51. The Morgan fingerprint density at radius 1 is 1.35 bits per heavy atom. The van der Waals surface area contributed by atoms with E-state index in [1.165, 1.54) is 12.3 Å². The topological polar surface area (TPSA) is 85.1 Å². The van der Waals surface area contributed by atoms with Crippen LogP contribution in [-0.4, -0.2) is 15.8 Å². The number of aromatic nitrogens is 1. The molecule has 0 saturated carbocycles. The van der Waals surface area contributed by atoms with Crippen LogP contribution in [0.2, 0.25) is 0 Å². The van der Waals surface area contributed by atoms with E-state index < -0.39 is 28.0 Å². The van der Waals surface area contributed by atoms with E-state index in [1.807, 2.05) is 0 Å². The maximum absolute atomic E-state index is 13.6. The van der Waals surface area contributed by atoms with E-state index in [0.29, 0.717) is 4.47 Å². The largest absolute Gasteiger partial charge is 0.312 e. The number of amides is 1. The van der Waals surface area contributed by atoms with Crippen LogP contribution >= 0.6 is 15.9 Å². The third-order valence-corrected chi connectivity index (χ3v) is 3.04. The standard InChI is InChI=1S/C12H7BrFN3O3/c13-7-3-2-6-15-10(7)12(18)16-11-8(14)4-1-5-9(11)17(19)20/h1-6H,(H,16,18). The summed E-state index contributed by atoms with van der Waals surface area (Å²) in [5, 5.41) is 13.0. The van der Waals surface area contributed by atoms with Gasteiger partial charge in [0.05, 0.1) is 4.92 Å². The molecule has 0 spiro atoms. The maximum atomic E-state index is 13.6. The van der Waals surface area contributed by atoms with Gasteiger partial charge in [0, 0.05) is 16.7 Å². The molecule has 1 aromatic carbocycles. The Labute approximate surface area is 120 Å². The van der Waals surface area contributed by atoms with Gasteiger partial charge in [0.2, 0.25) is 0 Å². The molecular formula is C12H7BrFN3O3. The number of nitro groups is 1. The van der Waals surface area contributed by atoms with Crippen LogP contribution < -0.4 is 5.32 Å². The number of para-hydroxylation sites is 1. The summed E-state index contributed by atoms with van der Waals surface area (Å²) in [4.78, 5) is 25.8. The summed E-state index contributed by atoms with van der Waals surface area (Å²) in [6, 6.07) is 6.51. The number of nitro benzene ring substituents is 1. The average Bonchev–Trinajstić information content (AvgIpc) is 2.41. The molecule has 2 aromatic rings.